The van der Waals surface area contributed by atoms with Crippen LogP contribution in [0.25, 0.3) is 0 Å². The summed E-state index contributed by atoms with van der Waals surface area (Å²) in [6, 6.07) is 3.31. The molecule has 21 heavy (non-hydrogen) atoms. The lowest BCUT2D eigenvalue weighted by atomic mass is 9.67. The van der Waals surface area contributed by atoms with Crippen LogP contribution in [0.15, 0.2) is 27.6 Å². The van der Waals surface area contributed by atoms with Crippen molar-refractivity contribution in [3.63, 3.8) is 0 Å². The van der Waals surface area contributed by atoms with E-state index in [1.807, 2.05) is 0 Å². The van der Waals surface area contributed by atoms with Gasteiger partial charge in [-0.25, -0.2) is 17.5 Å². The van der Waals surface area contributed by atoms with Gasteiger partial charge in [-0.1, -0.05) is 6.42 Å². The SMILES string of the molecule is O=C(O)CC1(CNS(=O)(=O)c2ccc(F)cc2Br)CCC1. The molecule has 5 nitrogen and oxygen atoms in total. The molecule has 8 heteroatoms. The summed E-state index contributed by atoms with van der Waals surface area (Å²) in [5, 5.41) is 8.91. The third kappa shape index (κ3) is 3.81. The normalized spacial score (nSPS) is 17.2. The van der Waals surface area contributed by atoms with Crippen molar-refractivity contribution >= 4 is 31.9 Å². The summed E-state index contributed by atoms with van der Waals surface area (Å²) in [7, 11) is -3.81. The molecule has 1 aromatic carbocycles. The zero-order chi connectivity index (χ0) is 15.7. The van der Waals surface area contributed by atoms with Crippen LogP contribution in [0.1, 0.15) is 25.7 Å². The van der Waals surface area contributed by atoms with Crippen LogP contribution in [-0.2, 0) is 14.8 Å². The fraction of sp³-hybridized carbons (Fsp3) is 0.462. The second kappa shape index (κ2) is 6.02. The van der Waals surface area contributed by atoms with Crippen molar-refractivity contribution in [2.24, 2.45) is 5.41 Å². The smallest absolute Gasteiger partial charge is 0.303 e. The number of sulfonamides is 1. The van der Waals surface area contributed by atoms with Gasteiger partial charge in [-0.15, -0.1) is 0 Å². The number of aliphatic carboxylic acids is 1. The summed E-state index contributed by atoms with van der Waals surface area (Å²) < 4.78 is 40.0. The quantitative estimate of drug-likeness (QED) is 0.795. The van der Waals surface area contributed by atoms with Crippen molar-refractivity contribution in [1.82, 2.24) is 4.72 Å². The first-order valence-electron chi connectivity index (χ1n) is 6.41. The van der Waals surface area contributed by atoms with Crippen molar-refractivity contribution < 1.29 is 22.7 Å². The molecule has 2 rings (SSSR count). The van der Waals surface area contributed by atoms with Gasteiger partial charge in [-0.3, -0.25) is 4.79 Å². The molecule has 116 valence electrons. The first-order valence-corrected chi connectivity index (χ1v) is 8.68. The zero-order valence-corrected chi connectivity index (χ0v) is 13.5. The highest BCUT2D eigenvalue weighted by molar-refractivity contribution is 9.10. The molecule has 2 N–H and O–H groups in total. The van der Waals surface area contributed by atoms with Crippen LogP contribution in [0.5, 0.6) is 0 Å². The van der Waals surface area contributed by atoms with Crippen molar-refractivity contribution in [2.75, 3.05) is 6.54 Å². The Balaban J connectivity index is 2.12. The van der Waals surface area contributed by atoms with Crippen LogP contribution in [0.2, 0.25) is 0 Å². The number of hydrogen-bond donors (Lipinski definition) is 2. The maximum Gasteiger partial charge on any atom is 0.303 e. The predicted octanol–water partition coefficient (Wildman–Crippen LogP) is 2.51. The van der Waals surface area contributed by atoms with Gasteiger partial charge in [0.1, 0.15) is 5.82 Å². The van der Waals surface area contributed by atoms with Gasteiger partial charge in [0.15, 0.2) is 0 Å². The molecule has 0 atom stereocenters. The number of carboxylic acids is 1. The van der Waals surface area contributed by atoms with Gasteiger partial charge in [-0.2, -0.15) is 0 Å². The molecule has 0 unspecified atom stereocenters. The second-order valence-electron chi connectivity index (χ2n) is 5.32. The summed E-state index contributed by atoms with van der Waals surface area (Å²) in [5.74, 6) is -1.47. The minimum Gasteiger partial charge on any atom is -0.481 e. The summed E-state index contributed by atoms with van der Waals surface area (Å²) >= 11 is 3.02. The lowest BCUT2D eigenvalue weighted by Crippen LogP contribution is -2.43. The van der Waals surface area contributed by atoms with Crippen LogP contribution in [0, 0.1) is 11.2 Å². The maximum absolute atomic E-state index is 13.0. The average molecular weight is 380 g/mol. The van der Waals surface area contributed by atoms with Crippen LogP contribution < -0.4 is 4.72 Å². The maximum atomic E-state index is 13.0. The number of carboxylic acid groups (broad SMARTS) is 1. The Bertz CT molecular complexity index is 658. The number of hydrogen-bond acceptors (Lipinski definition) is 3. The van der Waals surface area contributed by atoms with Gasteiger partial charge in [0.25, 0.3) is 0 Å². The van der Waals surface area contributed by atoms with E-state index in [0.717, 1.165) is 18.6 Å². The summed E-state index contributed by atoms with van der Waals surface area (Å²) in [4.78, 5) is 10.8. The van der Waals surface area contributed by atoms with E-state index in [0.29, 0.717) is 12.8 Å². The van der Waals surface area contributed by atoms with Crippen molar-refractivity contribution in [1.29, 1.82) is 0 Å². The highest BCUT2D eigenvalue weighted by Gasteiger charge is 2.40. The first kappa shape index (κ1) is 16.4. The Kier molecular flexibility index (Phi) is 4.69. The van der Waals surface area contributed by atoms with E-state index in [1.165, 1.54) is 6.07 Å². The fourth-order valence-electron chi connectivity index (χ4n) is 2.43. The molecule has 0 amide bonds. The molecule has 1 aromatic rings. The standard InChI is InChI=1S/C13H15BrFNO4S/c14-10-6-9(15)2-3-11(10)21(19,20)16-8-13(4-1-5-13)7-12(17)18/h2-3,6,16H,1,4-5,7-8H2,(H,17,18). The topological polar surface area (TPSA) is 83.5 Å². The van der Waals surface area contributed by atoms with Gasteiger partial charge in [0.2, 0.25) is 10.0 Å². The van der Waals surface area contributed by atoms with E-state index in [2.05, 4.69) is 20.7 Å². The molecular formula is C13H15BrFNO4S. The molecule has 0 aliphatic heterocycles. The molecule has 0 radical (unpaired) electrons. The molecule has 0 saturated heterocycles. The third-order valence-corrected chi connectivity index (χ3v) is 6.14. The lowest BCUT2D eigenvalue weighted by molar-refractivity contribution is -0.141. The highest BCUT2D eigenvalue weighted by Crippen LogP contribution is 2.43. The van der Waals surface area contributed by atoms with Crippen molar-refractivity contribution in [3.05, 3.63) is 28.5 Å². The second-order valence-corrected chi connectivity index (χ2v) is 7.91. The van der Waals surface area contributed by atoms with Crippen LogP contribution >= 0.6 is 15.9 Å². The average Bonchev–Trinajstić information content (AvgIpc) is 2.31. The molecule has 0 bridgehead atoms. The Hall–Kier alpha value is -0.990. The van der Waals surface area contributed by atoms with E-state index >= 15 is 0 Å². The zero-order valence-electron chi connectivity index (χ0n) is 11.1. The summed E-state index contributed by atoms with van der Waals surface area (Å²) in [6.45, 7) is 0.0749. The molecule has 0 heterocycles. The molecule has 1 aliphatic rings. The Morgan fingerprint density at radius 3 is 2.57 bits per heavy atom. The van der Waals surface area contributed by atoms with E-state index in [-0.39, 0.29) is 22.3 Å². The van der Waals surface area contributed by atoms with Crippen LogP contribution in [0.4, 0.5) is 4.39 Å². The predicted molar refractivity (Wildman–Crippen MR) is 77.8 cm³/mol. The number of carbonyl (C=O) groups is 1. The van der Waals surface area contributed by atoms with Crippen LogP contribution in [-0.4, -0.2) is 26.0 Å². The minimum atomic E-state index is -3.81. The minimum absolute atomic E-state index is 0.0554. The highest BCUT2D eigenvalue weighted by atomic mass is 79.9. The Morgan fingerprint density at radius 2 is 2.10 bits per heavy atom. The largest absolute Gasteiger partial charge is 0.481 e. The van der Waals surface area contributed by atoms with E-state index < -0.39 is 27.2 Å². The Morgan fingerprint density at radius 1 is 1.43 bits per heavy atom. The monoisotopic (exact) mass is 379 g/mol. The molecule has 0 aromatic heterocycles. The number of nitrogens with one attached hydrogen (secondary N) is 1. The summed E-state index contributed by atoms with van der Waals surface area (Å²) in [6.07, 6.45) is 2.22. The van der Waals surface area contributed by atoms with E-state index in [9.17, 15) is 17.6 Å². The van der Waals surface area contributed by atoms with E-state index in [1.54, 1.807) is 0 Å². The molecule has 0 spiro atoms. The summed E-state index contributed by atoms with van der Waals surface area (Å²) in [5.41, 5.74) is -0.509. The Labute approximate surface area is 130 Å². The molecule has 1 aliphatic carbocycles. The number of benzene rings is 1. The van der Waals surface area contributed by atoms with E-state index in [4.69, 9.17) is 5.11 Å². The number of halogens is 2. The molecular weight excluding hydrogens is 365 g/mol. The van der Waals surface area contributed by atoms with Crippen molar-refractivity contribution in [3.8, 4) is 0 Å². The van der Waals surface area contributed by atoms with Crippen LogP contribution in [0.3, 0.4) is 0 Å². The van der Waals surface area contributed by atoms with Crippen molar-refractivity contribution in [2.45, 2.75) is 30.6 Å². The molecule has 1 saturated carbocycles. The van der Waals surface area contributed by atoms with Gasteiger partial charge in [0.05, 0.1) is 11.3 Å². The van der Waals surface area contributed by atoms with Gasteiger partial charge >= 0.3 is 5.97 Å². The van der Waals surface area contributed by atoms with Gasteiger partial charge in [0, 0.05) is 11.0 Å². The van der Waals surface area contributed by atoms with Gasteiger partial charge < -0.3 is 5.11 Å². The first-order chi connectivity index (χ1) is 9.74. The lowest BCUT2D eigenvalue weighted by Gasteiger charge is -2.40. The fourth-order valence-corrected chi connectivity index (χ4v) is 4.64. The van der Waals surface area contributed by atoms with Gasteiger partial charge in [-0.05, 0) is 52.4 Å². The third-order valence-electron chi connectivity index (χ3n) is 3.76. The number of rotatable bonds is 6. The molecule has 1 fully saturated rings.